The molecule has 0 amide bonds. The lowest BCUT2D eigenvalue weighted by atomic mass is 10.3. The van der Waals surface area contributed by atoms with Crippen molar-refractivity contribution >= 4 is 17.1 Å². The molecule has 0 aliphatic carbocycles. The van der Waals surface area contributed by atoms with E-state index in [9.17, 15) is 33.4 Å². The number of nitro benzene ring substituents is 2. The molecule has 0 unspecified atom stereocenters. The Bertz CT molecular complexity index is 629. The Balaban J connectivity index is 0. The summed E-state index contributed by atoms with van der Waals surface area (Å²) in [5.41, 5.74) is 3.22. The van der Waals surface area contributed by atoms with Crippen molar-refractivity contribution in [2.45, 2.75) is 0 Å². The van der Waals surface area contributed by atoms with Crippen LogP contribution >= 0.6 is 0 Å². The summed E-state index contributed by atoms with van der Waals surface area (Å²) in [6, 6.07) is 6.33. The van der Waals surface area contributed by atoms with Gasteiger partial charge >= 0.3 is 11.4 Å². The molecule has 0 saturated heterocycles. The van der Waals surface area contributed by atoms with Crippen molar-refractivity contribution in [3.05, 3.63) is 74.1 Å². The summed E-state index contributed by atoms with van der Waals surface area (Å²) in [6.07, 6.45) is 0. The Morgan fingerprint density at radius 1 is 0.840 bits per heavy atom. The average molecular weight is 364 g/mol. The number of hydrogen-bond donors (Lipinski definition) is 3. The van der Waals surface area contributed by atoms with E-state index < -0.39 is 38.7 Å². The number of nitrogen functional groups attached to an aromatic ring is 1. The number of nitrogens with two attached hydrogens (primary N) is 1. The quantitative estimate of drug-likeness (QED) is 0.418. The van der Waals surface area contributed by atoms with Gasteiger partial charge in [-0.25, -0.2) is 0 Å². The van der Waals surface area contributed by atoms with Crippen LogP contribution in [0.1, 0.15) is 0 Å². The predicted molar refractivity (Wildman–Crippen MR) is 83.6 cm³/mol. The molecule has 6 N–H and O–H groups in total. The number of rotatable bonds is 2. The van der Waals surface area contributed by atoms with E-state index in [0.29, 0.717) is 0 Å². The molecule has 0 heterocycles. The van der Waals surface area contributed by atoms with Gasteiger partial charge in [0.2, 0.25) is 17.5 Å². The summed E-state index contributed by atoms with van der Waals surface area (Å²) in [4.78, 5) is 18.2. The fourth-order valence-corrected chi connectivity index (χ4v) is 1.39. The van der Waals surface area contributed by atoms with Crippen LogP contribution in [0.4, 0.5) is 30.2 Å². The van der Waals surface area contributed by atoms with E-state index in [2.05, 4.69) is 0 Å². The maximum absolute atomic E-state index is 12.6. The molecule has 0 aliphatic rings. The number of aliphatic hydroxyl groups excluding tert-OH is 1. The number of hydrogen-bond acceptors (Lipinski definition) is 7. The van der Waals surface area contributed by atoms with Gasteiger partial charge in [-0.1, -0.05) is 12.1 Å². The minimum atomic E-state index is -1.16. The molecule has 0 saturated carbocycles. The Morgan fingerprint density at radius 2 is 1.16 bits per heavy atom. The van der Waals surface area contributed by atoms with Crippen LogP contribution in [0.15, 0.2) is 36.4 Å². The van der Waals surface area contributed by atoms with Crippen molar-refractivity contribution in [1.29, 1.82) is 0 Å². The first-order chi connectivity index (χ1) is 11.3. The number of aliphatic hydroxyl groups is 1. The van der Waals surface area contributed by atoms with Gasteiger partial charge in [-0.3, -0.25) is 20.2 Å². The van der Waals surface area contributed by atoms with E-state index in [0.717, 1.165) is 31.4 Å². The van der Waals surface area contributed by atoms with Crippen molar-refractivity contribution in [2.75, 3.05) is 12.8 Å². The second-order valence-corrected chi connectivity index (χ2v) is 3.76. The van der Waals surface area contributed by atoms with Gasteiger partial charge in [0.05, 0.1) is 9.85 Å². The van der Waals surface area contributed by atoms with Gasteiger partial charge in [0, 0.05) is 7.11 Å². The van der Waals surface area contributed by atoms with Crippen molar-refractivity contribution in [2.24, 2.45) is 0 Å². The molecule has 0 bridgehead atoms. The van der Waals surface area contributed by atoms with Gasteiger partial charge in [0.1, 0.15) is 5.69 Å². The summed E-state index contributed by atoms with van der Waals surface area (Å²) >= 11 is 0. The third-order valence-electron chi connectivity index (χ3n) is 2.32. The van der Waals surface area contributed by atoms with E-state index in [1.165, 1.54) is 12.1 Å². The first-order valence-corrected chi connectivity index (χ1v) is 5.97. The Kier molecular flexibility index (Phi) is 10.9. The highest BCUT2D eigenvalue weighted by Crippen LogP contribution is 2.23. The SMILES string of the molecule is CO.N.Nc1cccc(F)c1[N+](=O)[O-].O=[N+]([O-])c1c(F)cccc1F. The minimum Gasteiger partial charge on any atom is -0.400 e. The Hall–Kier alpha value is -3.25. The number of para-hydroxylation sites is 2. The fraction of sp³-hybridized carbons (Fsp3) is 0.0769. The van der Waals surface area contributed by atoms with Gasteiger partial charge in [-0.05, 0) is 24.3 Å². The summed E-state index contributed by atoms with van der Waals surface area (Å²) in [7, 11) is 1.00. The maximum atomic E-state index is 12.6. The molecule has 2 aromatic rings. The van der Waals surface area contributed by atoms with Gasteiger partial charge in [0.25, 0.3) is 0 Å². The van der Waals surface area contributed by atoms with Crippen LogP contribution < -0.4 is 11.9 Å². The zero-order chi connectivity index (χ0) is 18.9. The average Bonchev–Trinajstić information content (AvgIpc) is 2.49. The van der Waals surface area contributed by atoms with Crippen LogP contribution in [0.3, 0.4) is 0 Å². The third kappa shape index (κ3) is 6.80. The molecule has 2 rings (SSSR count). The normalized spacial score (nSPS) is 8.68. The Morgan fingerprint density at radius 3 is 1.40 bits per heavy atom. The molecule has 0 fully saturated rings. The van der Waals surface area contributed by atoms with Gasteiger partial charge in [0.15, 0.2) is 0 Å². The predicted octanol–water partition coefficient (Wildman–Crippen LogP) is 2.96. The Labute approximate surface area is 139 Å². The van der Waals surface area contributed by atoms with Gasteiger partial charge < -0.3 is 17.0 Å². The molecule has 0 radical (unpaired) electrons. The molecule has 12 heteroatoms. The monoisotopic (exact) mass is 364 g/mol. The first-order valence-electron chi connectivity index (χ1n) is 5.97. The lowest BCUT2D eigenvalue weighted by Gasteiger charge is -1.95. The molecule has 0 atom stereocenters. The molecule has 0 aromatic heterocycles. The zero-order valence-corrected chi connectivity index (χ0v) is 12.9. The van der Waals surface area contributed by atoms with Crippen molar-refractivity contribution in [1.82, 2.24) is 6.15 Å². The molecule has 0 spiro atoms. The van der Waals surface area contributed by atoms with Crippen LogP contribution in [-0.4, -0.2) is 22.1 Å². The van der Waals surface area contributed by atoms with E-state index >= 15 is 0 Å². The van der Waals surface area contributed by atoms with E-state index in [-0.39, 0.29) is 11.8 Å². The number of benzene rings is 2. The zero-order valence-electron chi connectivity index (χ0n) is 12.9. The maximum Gasteiger partial charge on any atom is 0.340 e. The highest BCUT2D eigenvalue weighted by atomic mass is 19.1. The lowest BCUT2D eigenvalue weighted by Crippen LogP contribution is -1.97. The summed E-state index contributed by atoms with van der Waals surface area (Å²) < 4.78 is 37.4. The molecule has 138 valence electrons. The highest BCUT2D eigenvalue weighted by molar-refractivity contribution is 5.58. The summed E-state index contributed by atoms with van der Waals surface area (Å²) in [5, 5.41) is 27.1. The van der Waals surface area contributed by atoms with E-state index in [1.807, 2.05) is 0 Å². The molecule has 0 aliphatic heterocycles. The van der Waals surface area contributed by atoms with Crippen LogP contribution in [0, 0.1) is 37.7 Å². The van der Waals surface area contributed by atoms with Gasteiger partial charge in [-0.15, -0.1) is 0 Å². The molecular weight excluding hydrogens is 349 g/mol. The molecule has 9 nitrogen and oxygen atoms in total. The lowest BCUT2D eigenvalue weighted by molar-refractivity contribution is -0.390. The fourth-order valence-electron chi connectivity index (χ4n) is 1.39. The number of nitro groups is 2. The van der Waals surface area contributed by atoms with Crippen LogP contribution in [-0.2, 0) is 0 Å². The van der Waals surface area contributed by atoms with Gasteiger partial charge in [-0.2, -0.15) is 13.2 Å². The molecule has 2 aromatic carbocycles. The van der Waals surface area contributed by atoms with Crippen LogP contribution in [0.5, 0.6) is 0 Å². The minimum absolute atomic E-state index is 0. The molecule has 25 heavy (non-hydrogen) atoms. The van der Waals surface area contributed by atoms with Crippen molar-refractivity contribution < 1.29 is 28.1 Å². The van der Waals surface area contributed by atoms with E-state index in [1.54, 1.807) is 0 Å². The van der Waals surface area contributed by atoms with Crippen molar-refractivity contribution in [3.63, 3.8) is 0 Å². The number of nitrogens with zero attached hydrogens (tertiary/aromatic N) is 2. The van der Waals surface area contributed by atoms with Crippen molar-refractivity contribution in [3.8, 4) is 0 Å². The largest absolute Gasteiger partial charge is 0.400 e. The molecular formula is C13H15F3N4O5. The second kappa shape index (κ2) is 11.3. The number of anilines is 1. The highest BCUT2D eigenvalue weighted by Gasteiger charge is 2.19. The van der Waals surface area contributed by atoms with Crippen LogP contribution in [0.25, 0.3) is 0 Å². The second-order valence-electron chi connectivity index (χ2n) is 3.76. The third-order valence-corrected chi connectivity index (χ3v) is 2.32. The number of halogens is 3. The standard InChI is InChI=1S/C6H3F2NO2.C6H5FN2O2.CH4O.H3N/c2*7-4-2-1-3-5(8)6(4)9(10)11;1-2;/h1-3H;1-3H,8H2;2H,1H3;1H3. The van der Waals surface area contributed by atoms with E-state index in [4.69, 9.17) is 10.8 Å². The first kappa shape index (κ1) is 24.0. The smallest absolute Gasteiger partial charge is 0.340 e. The summed E-state index contributed by atoms with van der Waals surface area (Å²) in [6.45, 7) is 0. The topological polar surface area (TPSA) is 168 Å². The summed E-state index contributed by atoms with van der Waals surface area (Å²) in [5.74, 6) is -3.22. The van der Waals surface area contributed by atoms with Crippen LogP contribution in [0.2, 0.25) is 0 Å².